The van der Waals surface area contributed by atoms with Crippen LogP contribution >= 0.6 is 0 Å². The van der Waals surface area contributed by atoms with E-state index in [-0.39, 0.29) is 0 Å². The molecule has 0 aliphatic rings. The highest BCUT2D eigenvalue weighted by atomic mass is 14.1. The van der Waals surface area contributed by atoms with Crippen LogP contribution in [-0.2, 0) is 6.42 Å². The second kappa shape index (κ2) is 13.9. The second-order valence-electron chi connectivity index (χ2n) is 6.94. The SMILES string of the molecule is CCCCCCC(CCCCCC)CCCc1ccccc1. The Hall–Kier alpha value is -0.780. The zero-order chi connectivity index (χ0) is 15.9. The lowest BCUT2D eigenvalue weighted by molar-refractivity contribution is 0.374. The average molecular weight is 303 g/mol. The minimum Gasteiger partial charge on any atom is -0.0654 e. The number of rotatable bonds is 14. The van der Waals surface area contributed by atoms with Crippen molar-refractivity contribution in [2.75, 3.05) is 0 Å². The highest BCUT2D eigenvalue weighted by Crippen LogP contribution is 2.23. The van der Waals surface area contributed by atoms with Crippen LogP contribution in [0.4, 0.5) is 0 Å². The van der Waals surface area contributed by atoms with Crippen LogP contribution in [0.2, 0.25) is 0 Å². The van der Waals surface area contributed by atoms with Gasteiger partial charge in [-0.05, 0) is 24.3 Å². The van der Waals surface area contributed by atoms with Gasteiger partial charge < -0.3 is 0 Å². The number of benzene rings is 1. The summed E-state index contributed by atoms with van der Waals surface area (Å²) in [5.74, 6) is 0.984. The molecule has 0 bridgehead atoms. The number of hydrogen-bond acceptors (Lipinski definition) is 0. The van der Waals surface area contributed by atoms with E-state index in [4.69, 9.17) is 0 Å². The van der Waals surface area contributed by atoms with Gasteiger partial charge in [-0.3, -0.25) is 0 Å². The van der Waals surface area contributed by atoms with Gasteiger partial charge >= 0.3 is 0 Å². The van der Waals surface area contributed by atoms with E-state index in [0.29, 0.717) is 0 Å². The fourth-order valence-corrected chi connectivity index (χ4v) is 3.39. The monoisotopic (exact) mass is 302 g/mol. The lowest BCUT2D eigenvalue weighted by Crippen LogP contribution is -2.02. The lowest BCUT2D eigenvalue weighted by atomic mass is 9.89. The smallest absolute Gasteiger partial charge is 0.0279 e. The van der Waals surface area contributed by atoms with Gasteiger partial charge in [-0.1, -0.05) is 115 Å². The zero-order valence-corrected chi connectivity index (χ0v) is 15.2. The van der Waals surface area contributed by atoms with Crippen molar-refractivity contribution in [1.29, 1.82) is 0 Å². The Bertz CT molecular complexity index is 315. The highest BCUT2D eigenvalue weighted by Gasteiger charge is 2.08. The summed E-state index contributed by atoms with van der Waals surface area (Å²) in [6.07, 6.45) is 18.4. The Balaban J connectivity index is 2.23. The molecule has 0 spiro atoms. The zero-order valence-electron chi connectivity index (χ0n) is 15.2. The molecule has 0 heterocycles. The normalized spacial score (nSPS) is 11.2. The maximum absolute atomic E-state index is 2.31. The first-order valence-electron chi connectivity index (χ1n) is 9.90. The molecule has 126 valence electrons. The molecule has 0 atom stereocenters. The third kappa shape index (κ3) is 10.0. The van der Waals surface area contributed by atoms with Crippen LogP contribution in [0.1, 0.15) is 96.5 Å². The Morgan fingerprint density at radius 3 is 1.73 bits per heavy atom. The van der Waals surface area contributed by atoms with Crippen LogP contribution in [0.15, 0.2) is 30.3 Å². The van der Waals surface area contributed by atoms with Crippen molar-refractivity contribution >= 4 is 0 Å². The van der Waals surface area contributed by atoms with Gasteiger partial charge in [-0.2, -0.15) is 0 Å². The van der Waals surface area contributed by atoms with Gasteiger partial charge in [-0.15, -0.1) is 0 Å². The molecule has 1 rings (SSSR count). The highest BCUT2D eigenvalue weighted by molar-refractivity contribution is 5.14. The summed E-state index contributed by atoms with van der Waals surface area (Å²) in [6, 6.07) is 11.0. The summed E-state index contributed by atoms with van der Waals surface area (Å²) in [5, 5.41) is 0. The molecule has 0 aromatic heterocycles. The van der Waals surface area contributed by atoms with E-state index in [9.17, 15) is 0 Å². The van der Waals surface area contributed by atoms with Crippen molar-refractivity contribution in [3.05, 3.63) is 35.9 Å². The van der Waals surface area contributed by atoms with Crippen molar-refractivity contribution in [3.63, 3.8) is 0 Å². The van der Waals surface area contributed by atoms with Crippen LogP contribution in [0, 0.1) is 5.92 Å². The van der Waals surface area contributed by atoms with E-state index in [1.807, 2.05) is 0 Å². The van der Waals surface area contributed by atoms with Crippen molar-refractivity contribution in [1.82, 2.24) is 0 Å². The van der Waals surface area contributed by atoms with Gasteiger partial charge in [0.05, 0.1) is 0 Å². The molecule has 0 fully saturated rings. The fraction of sp³-hybridized carbons (Fsp3) is 0.727. The van der Waals surface area contributed by atoms with Crippen molar-refractivity contribution in [2.24, 2.45) is 5.92 Å². The Morgan fingerprint density at radius 1 is 0.636 bits per heavy atom. The van der Waals surface area contributed by atoms with Gasteiger partial charge in [0.15, 0.2) is 0 Å². The molecule has 1 aromatic carbocycles. The van der Waals surface area contributed by atoms with E-state index in [2.05, 4.69) is 44.2 Å². The van der Waals surface area contributed by atoms with Crippen LogP contribution in [-0.4, -0.2) is 0 Å². The summed E-state index contributed by atoms with van der Waals surface area (Å²) in [5.41, 5.74) is 1.51. The number of unbranched alkanes of at least 4 members (excludes halogenated alkanes) is 6. The minimum absolute atomic E-state index is 0.984. The quantitative estimate of drug-likeness (QED) is 0.311. The number of hydrogen-bond donors (Lipinski definition) is 0. The molecule has 22 heavy (non-hydrogen) atoms. The maximum atomic E-state index is 2.31. The topological polar surface area (TPSA) is 0 Å². The molecule has 1 aromatic rings. The Morgan fingerprint density at radius 2 is 1.18 bits per heavy atom. The summed E-state index contributed by atoms with van der Waals surface area (Å²) in [6.45, 7) is 4.62. The number of aryl methyl sites for hydroxylation is 1. The molecule has 0 saturated heterocycles. The van der Waals surface area contributed by atoms with E-state index >= 15 is 0 Å². The predicted octanol–water partition coefficient (Wildman–Crippen LogP) is 7.57. The minimum atomic E-state index is 0.984. The molecule has 0 N–H and O–H groups in total. The third-order valence-corrected chi connectivity index (χ3v) is 4.85. The molecule has 0 nitrogen and oxygen atoms in total. The molecule has 0 heteroatoms. The van der Waals surface area contributed by atoms with Crippen LogP contribution in [0.25, 0.3) is 0 Å². The molecule has 0 aliphatic heterocycles. The van der Waals surface area contributed by atoms with Gasteiger partial charge in [-0.25, -0.2) is 0 Å². The van der Waals surface area contributed by atoms with Crippen LogP contribution < -0.4 is 0 Å². The molecule has 0 aliphatic carbocycles. The standard InChI is InChI=1S/C22H38/c1-3-5-7-10-15-21(16-11-8-6-4-2)19-14-20-22-17-12-9-13-18-22/h9,12-13,17-18,21H,3-8,10-11,14-16,19-20H2,1-2H3. The van der Waals surface area contributed by atoms with Crippen LogP contribution in [0.5, 0.6) is 0 Å². The summed E-state index contributed by atoms with van der Waals surface area (Å²) in [7, 11) is 0. The summed E-state index contributed by atoms with van der Waals surface area (Å²) >= 11 is 0. The molecular weight excluding hydrogens is 264 g/mol. The van der Waals surface area contributed by atoms with Crippen molar-refractivity contribution in [3.8, 4) is 0 Å². The Labute approximate surface area is 139 Å². The van der Waals surface area contributed by atoms with Gasteiger partial charge in [0.1, 0.15) is 0 Å². The van der Waals surface area contributed by atoms with E-state index in [1.54, 1.807) is 0 Å². The first-order chi connectivity index (χ1) is 10.9. The molecular formula is C22H38. The van der Waals surface area contributed by atoms with Gasteiger partial charge in [0, 0.05) is 0 Å². The molecule has 0 unspecified atom stereocenters. The first-order valence-corrected chi connectivity index (χ1v) is 9.90. The van der Waals surface area contributed by atoms with Crippen molar-refractivity contribution < 1.29 is 0 Å². The van der Waals surface area contributed by atoms with Gasteiger partial charge in [0.25, 0.3) is 0 Å². The second-order valence-corrected chi connectivity index (χ2v) is 6.94. The fourth-order valence-electron chi connectivity index (χ4n) is 3.39. The summed E-state index contributed by atoms with van der Waals surface area (Å²) < 4.78 is 0. The summed E-state index contributed by atoms with van der Waals surface area (Å²) in [4.78, 5) is 0. The molecule has 0 amide bonds. The lowest BCUT2D eigenvalue weighted by Gasteiger charge is -2.17. The van der Waals surface area contributed by atoms with E-state index in [0.717, 1.165) is 5.92 Å². The largest absolute Gasteiger partial charge is 0.0654 e. The average Bonchev–Trinajstić information content (AvgIpc) is 2.56. The predicted molar refractivity (Wildman–Crippen MR) is 100 cm³/mol. The first kappa shape index (κ1) is 19.3. The Kier molecular flexibility index (Phi) is 12.1. The van der Waals surface area contributed by atoms with Crippen molar-refractivity contribution in [2.45, 2.75) is 97.3 Å². The third-order valence-electron chi connectivity index (χ3n) is 4.85. The van der Waals surface area contributed by atoms with E-state index in [1.165, 1.54) is 89.0 Å². The maximum Gasteiger partial charge on any atom is -0.0279 e. The molecule has 0 radical (unpaired) electrons. The van der Waals surface area contributed by atoms with E-state index < -0.39 is 0 Å². The molecule has 0 saturated carbocycles. The van der Waals surface area contributed by atoms with Gasteiger partial charge in [0.2, 0.25) is 0 Å². The van der Waals surface area contributed by atoms with Crippen LogP contribution in [0.3, 0.4) is 0 Å².